The summed E-state index contributed by atoms with van der Waals surface area (Å²) in [5.41, 5.74) is 4.09. The second-order valence-corrected chi connectivity index (χ2v) is 8.74. The summed E-state index contributed by atoms with van der Waals surface area (Å²) < 4.78 is 5.20. The molecule has 0 saturated heterocycles. The molecule has 2 heterocycles. The monoisotopic (exact) mass is 441 g/mol. The van der Waals surface area contributed by atoms with Crippen molar-refractivity contribution in [3.05, 3.63) is 75.7 Å². The minimum Gasteiger partial charge on any atom is -0.497 e. The van der Waals surface area contributed by atoms with E-state index in [1.165, 1.54) is 31.4 Å². The summed E-state index contributed by atoms with van der Waals surface area (Å²) in [5.74, 6) is 8.48. The zero-order chi connectivity index (χ0) is 21.8. The third-order valence-corrected chi connectivity index (χ3v) is 6.44. The van der Waals surface area contributed by atoms with Gasteiger partial charge in [0.15, 0.2) is 5.01 Å². The number of tetrazole rings is 1. The number of ether oxygens (including phenoxy) is 1. The van der Waals surface area contributed by atoms with Gasteiger partial charge >= 0.3 is 0 Å². The van der Waals surface area contributed by atoms with Gasteiger partial charge in [-0.3, -0.25) is 0 Å². The molecular weight excluding hydrogens is 418 g/mol. The zero-order valence-electron chi connectivity index (χ0n) is 17.9. The van der Waals surface area contributed by atoms with Gasteiger partial charge in [-0.15, -0.1) is 21.5 Å². The summed E-state index contributed by atoms with van der Waals surface area (Å²) in [6, 6.07) is 15.8. The molecular formula is C25H23N5OS. The maximum absolute atomic E-state index is 5.20. The van der Waals surface area contributed by atoms with Gasteiger partial charge in [-0.2, -0.15) is 4.80 Å². The van der Waals surface area contributed by atoms with E-state index in [0.29, 0.717) is 18.3 Å². The quantitative estimate of drug-likeness (QED) is 0.412. The van der Waals surface area contributed by atoms with E-state index in [0.717, 1.165) is 27.4 Å². The number of nitrogens with zero attached hydrogens (tertiary/aromatic N) is 5. The van der Waals surface area contributed by atoms with Crippen LogP contribution in [0.2, 0.25) is 0 Å². The van der Waals surface area contributed by atoms with Crippen LogP contribution in [0.3, 0.4) is 0 Å². The Hall–Kier alpha value is -3.50. The Balaban J connectivity index is 1.29. The Morgan fingerprint density at radius 3 is 2.75 bits per heavy atom. The number of hydrogen-bond acceptors (Lipinski definition) is 6. The molecule has 0 bridgehead atoms. The largest absolute Gasteiger partial charge is 0.497 e. The Labute approximate surface area is 191 Å². The summed E-state index contributed by atoms with van der Waals surface area (Å²) in [6.45, 7) is 0.546. The van der Waals surface area contributed by atoms with Crippen LogP contribution in [0.25, 0.3) is 11.4 Å². The fourth-order valence-electron chi connectivity index (χ4n) is 3.93. The molecule has 0 atom stereocenters. The molecule has 0 radical (unpaired) electrons. The highest BCUT2D eigenvalue weighted by atomic mass is 32.1. The van der Waals surface area contributed by atoms with E-state index in [1.54, 1.807) is 23.2 Å². The van der Waals surface area contributed by atoms with Gasteiger partial charge in [0.1, 0.15) is 5.75 Å². The lowest BCUT2D eigenvalue weighted by molar-refractivity contribution is 0.414. The predicted octanol–water partition coefficient (Wildman–Crippen LogP) is 4.91. The minimum absolute atomic E-state index is 0.546. The van der Waals surface area contributed by atoms with Crippen molar-refractivity contribution in [2.45, 2.75) is 38.1 Å². The third kappa shape index (κ3) is 4.71. The summed E-state index contributed by atoms with van der Waals surface area (Å²) in [7, 11) is 1.66. The highest BCUT2D eigenvalue weighted by Gasteiger charge is 2.19. The third-order valence-electron chi connectivity index (χ3n) is 5.67. The van der Waals surface area contributed by atoms with Gasteiger partial charge < -0.3 is 4.74 Å². The second kappa shape index (κ2) is 9.33. The van der Waals surface area contributed by atoms with E-state index < -0.39 is 0 Å². The number of rotatable bonds is 5. The maximum atomic E-state index is 5.20. The molecule has 1 aliphatic rings. The number of methoxy groups -OCH3 is 1. The standard InChI is InChI=1S/C25H23N5OS/c1-31-22-12-9-19(10-13-22)16-30-28-25(27-29-30)21-8-4-5-18(15-21)11-14-24-26-23(17-32-24)20-6-2-3-7-20/h4-5,8-10,12-13,15,17,20H,2-3,6-7,16H2,1H3. The first-order valence-electron chi connectivity index (χ1n) is 10.8. The normalized spacial score (nSPS) is 13.7. The molecule has 6 nitrogen and oxygen atoms in total. The summed E-state index contributed by atoms with van der Waals surface area (Å²) in [5, 5.41) is 16.0. The number of thiazole rings is 1. The fraction of sp³-hybridized carbons (Fsp3) is 0.280. The average molecular weight is 442 g/mol. The van der Waals surface area contributed by atoms with E-state index in [1.807, 2.05) is 48.5 Å². The first-order valence-corrected chi connectivity index (χ1v) is 11.6. The average Bonchev–Trinajstić information content (AvgIpc) is 3.60. The van der Waals surface area contributed by atoms with Crippen LogP contribution in [0.1, 0.15) is 53.4 Å². The van der Waals surface area contributed by atoms with Gasteiger partial charge in [0.25, 0.3) is 0 Å². The van der Waals surface area contributed by atoms with Crippen LogP contribution in [0, 0.1) is 11.8 Å². The number of benzene rings is 2. The summed E-state index contributed by atoms with van der Waals surface area (Å²) in [6.07, 6.45) is 5.14. The highest BCUT2D eigenvalue weighted by Crippen LogP contribution is 2.34. The van der Waals surface area contributed by atoms with E-state index in [2.05, 4.69) is 32.6 Å². The highest BCUT2D eigenvalue weighted by molar-refractivity contribution is 7.10. The molecule has 1 fully saturated rings. The Kier molecular flexibility index (Phi) is 5.95. The molecule has 0 amide bonds. The molecule has 160 valence electrons. The minimum atomic E-state index is 0.546. The van der Waals surface area contributed by atoms with E-state index in [9.17, 15) is 0 Å². The van der Waals surface area contributed by atoms with Crippen LogP contribution in [0.5, 0.6) is 5.75 Å². The molecule has 5 rings (SSSR count). The molecule has 0 N–H and O–H groups in total. The van der Waals surface area contributed by atoms with Crippen LogP contribution < -0.4 is 4.74 Å². The van der Waals surface area contributed by atoms with Crippen LogP contribution in [0.4, 0.5) is 0 Å². The summed E-state index contributed by atoms with van der Waals surface area (Å²) >= 11 is 1.63. The van der Waals surface area contributed by atoms with Gasteiger partial charge in [0.2, 0.25) is 5.82 Å². The van der Waals surface area contributed by atoms with Crippen LogP contribution in [-0.4, -0.2) is 32.3 Å². The topological polar surface area (TPSA) is 65.7 Å². The number of aromatic nitrogens is 5. The molecule has 0 aliphatic heterocycles. The molecule has 4 aromatic rings. The van der Waals surface area contributed by atoms with Gasteiger partial charge in [-0.05, 0) is 53.8 Å². The van der Waals surface area contributed by atoms with Crippen molar-refractivity contribution in [1.29, 1.82) is 0 Å². The van der Waals surface area contributed by atoms with Gasteiger partial charge in [-0.25, -0.2) is 4.98 Å². The molecule has 1 saturated carbocycles. The van der Waals surface area contributed by atoms with Gasteiger partial charge in [-0.1, -0.05) is 43.0 Å². The van der Waals surface area contributed by atoms with Crippen molar-refractivity contribution in [3.8, 4) is 29.0 Å². The lowest BCUT2D eigenvalue weighted by Gasteiger charge is -2.02. The first kappa shape index (κ1) is 20.4. The van der Waals surface area contributed by atoms with Crippen molar-refractivity contribution >= 4 is 11.3 Å². The SMILES string of the molecule is COc1ccc(Cn2nnc(-c3cccc(C#Cc4nc(C5CCCC5)cs4)c3)n2)cc1. The van der Waals surface area contributed by atoms with Gasteiger partial charge in [0.05, 0.1) is 19.3 Å². The van der Waals surface area contributed by atoms with Crippen LogP contribution >= 0.6 is 11.3 Å². The lowest BCUT2D eigenvalue weighted by atomic mass is 10.1. The van der Waals surface area contributed by atoms with Crippen LogP contribution in [0.15, 0.2) is 53.9 Å². The summed E-state index contributed by atoms with van der Waals surface area (Å²) in [4.78, 5) is 6.33. The van der Waals surface area contributed by atoms with Crippen molar-refractivity contribution in [3.63, 3.8) is 0 Å². The van der Waals surface area contributed by atoms with E-state index in [4.69, 9.17) is 9.72 Å². The Morgan fingerprint density at radius 1 is 1.09 bits per heavy atom. The molecule has 0 spiro atoms. The zero-order valence-corrected chi connectivity index (χ0v) is 18.7. The molecule has 2 aromatic heterocycles. The van der Waals surface area contributed by atoms with Crippen LogP contribution in [-0.2, 0) is 6.54 Å². The predicted molar refractivity (Wildman–Crippen MR) is 125 cm³/mol. The maximum Gasteiger partial charge on any atom is 0.204 e. The van der Waals surface area contributed by atoms with E-state index >= 15 is 0 Å². The van der Waals surface area contributed by atoms with Crippen molar-refractivity contribution in [1.82, 2.24) is 25.2 Å². The number of hydrogen-bond donors (Lipinski definition) is 0. The smallest absolute Gasteiger partial charge is 0.204 e. The Morgan fingerprint density at radius 2 is 1.94 bits per heavy atom. The second-order valence-electron chi connectivity index (χ2n) is 7.88. The Bertz CT molecular complexity index is 1260. The molecule has 7 heteroatoms. The first-order chi connectivity index (χ1) is 15.8. The molecule has 32 heavy (non-hydrogen) atoms. The van der Waals surface area contributed by atoms with Crippen molar-refractivity contribution in [2.75, 3.05) is 7.11 Å². The molecule has 1 aliphatic carbocycles. The van der Waals surface area contributed by atoms with E-state index in [-0.39, 0.29) is 0 Å². The lowest BCUT2D eigenvalue weighted by Crippen LogP contribution is -2.04. The molecule has 2 aromatic carbocycles. The van der Waals surface area contributed by atoms with Crippen molar-refractivity contribution < 1.29 is 4.74 Å². The molecule has 0 unspecified atom stereocenters. The fourth-order valence-corrected chi connectivity index (χ4v) is 4.68. The van der Waals surface area contributed by atoms with Crippen molar-refractivity contribution in [2.24, 2.45) is 0 Å². The van der Waals surface area contributed by atoms with Gasteiger partial charge in [0, 0.05) is 22.4 Å².